The van der Waals surface area contributed by atoms with E-state index in [1.54, 1.807) is 5.06 Å². The molecule has 1 unspecified atom stereocenters. The molecule has 1 heterocycles. The molecule has 1 aliphatic rings. The minimum absolute atomic E-state index is 0.283. The lowest BCUT2D eigenvalue weighted by atomic mass is 10.1. The summed E-state index contributed by atoms with van der Waals surface area (Å²) in [6.45, 7) is 0.548. The largest absolute Gasteiger partial charge is 0.403 e. The van der Waals surface area contributed by atoms with Crippen molar-refractivity contribution in [1.82, 2.24) is 5.06 Å². The molecule has 6 nitrogen and oxygen atoms in total. The van der Waals surface area contributed by atoms with Gasteiger partial charge >= 0.3 is 6.03 Å². The zero-order valence-corrected chi connectivity index (χ0v) is 14.6. The number of hydrogen-bond donors (Lipinski definition) is 3. The number of rotatable bonds is 4. The summed E-state index contributed by atoms with van der Waals surface area (Å²) in [6, 6.07) is 24.4. The fraction of sp³-hybridized carbons (Fsp3) is 0.0952. The van der Waals surface area contributed by atoms with Crippen LogP contribution in [-0.2, 0) is 6.54 Å². The predicted molar refractivity (Wildman–Crippen MR) is 105 cm³/mol. The Balaban J connectivity index is 1.35. The van der Waals surface area contributed by atoms with Gasteiger partial charge in [0.15, 0.2) is 5.75 Å². The molecule has 3 aromatic carbocycles. The zero-order valence-electron chi connectivity index (χ0n) is 14.6. The second-order valence-electron chi connectivity index (χ2n) is 6.29. The van der Waals surface area contributed by atoms with Gasteiger partial charge in [-0.15, -0.1) is 5.06 Å². The lowest BCUT2D eigenvalue weighted by molar-refractivity contribution is -0.0781. The number of urea groups is 1. The molecule has 0 bridgehead atoms. The van der Waals surface area contributed by atoms with Crippen LogP contribution in [0.15, 0.2) is 78.9 Å². The van der Waals surface area contributed by atoms with Crippen LogP contribution in [0.3, 0.4) is 0 Å². The highest BCUT2D eigenvalue weighted by Gasteiger charge is 2.29. The third-order valence-corrected chi connectivity index (χ3v) is 4.35. The van der Waals surface area contributed by atoms with E-state index in [9.17, 15) is 4.79 Å². The van der Waals surface area contributed by atoms with Gasteiger partial charge in [0, 0.05) is 16.9 Å². The number of carbonyl (C=O) groups excluding carboxylic acids is 1. The Hall–Kier alpha value is -3.35. The molecule has 1 aliphatic heterocycles. The molecule has 136 valence electrons. The molecule has 4 N–H and O–H groups in total. The van der Waals surface area contributed by atoms with E-state index in [-0.39, 0.29) is 12.2 Å². The molecule has 4 rings (SSSR count). The first-order valence-electron chi connectivity index (χ1n) is 8.70. The van der Waals surface area contributed by atoms with Crippen molar-refractivity contribution in [3.63, 3.8) is 0 Å². The Morgan fingerprint density at radius 1 is 0.889 bits per heavy atom. The van der Waals surface area contributed by atoms with Gasteiger partial charge in [-0.05, 0) is 35.9 Å². The Morgan fingerprint density at radius 2 is 1.52 bits per heavy atom. The van der Waals surface area contributed by atoms with Crippen LogP contribution in [0.4, 0.5) is 16.2 Å². The highest BCUT2D eigenvalue weighted by Crippen LogP contribution is 2.34. The number of nitrogens with zero attached hydrogens (tertiary/aromatic N) is 1. The predicted octanol–water partition coefficient (Wildman–Crippen LogP) is 4.10. The number of hydrogen-bond acceptors (Lipinski definition) is 4. The molecular formula is C21H20N4O2. The van der Waals surface area contributed by atoms with Crippen molar-refractivity contribution >= 4 is 17.4 Å². The van der Waals surface area contributed by atoms with Gasteiger partial charge in [0.2, 0.25) is 0 Å². The summed E-state index contributed by atoms with van der Waals surface area (Å²) in [5.41, 5.74) is 9.71. The fourth-order valence-corrected chi connectivity index (χ4v) is 2.97. The van der Waals surface area contributed by atoms with E-state index in [0.29, 0.717) is 12.2 Å². The van der Waals surface area contributed by atoms with Gasteiger partial charge in [-0.1, -0.05) is 48.5 Å². The van der Waals surface area contributed by atoms with Crippen molar-refractivity contribution < 1.29 is 9.63 Å². The van der Waals surface area contributed by atoms with Crippen molar-refractivity contribution in [1.29, 1.82) is 0 Å². The number of fused-ring (bicyclic) bond motifs is 1. The number of nitrogens with two attached hydrogens (primary N) is 1. The van der Waals surface area contributed by atoms with Crippen LogP contribution < -0.4 is 21.2 Å². The van der Waals surface area contributed by atoms with Crippen LogP contribution in [0.1, 0.15) is 17.3 Å². The molecule has 6 heteroatoms. The van der Waals surface area contributed by atoms with Gasteiger partial charge in [-0.3, -0.25) is 0 Å². The van der Waals surface area contributed by atoms with Crippen LogP contribution in [0.2, 0.25) is 0 Å². The molecular weight excluding hydrogens is 340 g/mol. The van der Waals surface area contributed by atoms with E-state index < -0.39 is 0 Å². The lowest BCUT2D eigenvalue weighted by Gasteiger charge is -2.19. The molecule has 1 atom stereocenters. The molecule has 3 aromatic rings. The van der Waals surface area contributed by atoms with Gasteiger partial charge < -0.3 is 21.2 Å². The molecule has 0 radical (unpaired) electrons. The average Bonchev–Trinajstić information content (AvgIpc) is 3.00. The number of hydroxylamine groups is 2. The molecule has 0 aromatic heterocycles. The number of benzene rings is 3. The molecule has 0 saturated heterocycles. The average molecular weight is 360 g/mol. The minimum atomic E-state index is -0.296. The van der Waals surface area contributed by atoms with E-state index in [1.165, 1.54) is 0 Å². The zero-order chi connectivity index (χ0) is 18.6. The summed E-state index contributed by atoms with van der Waals surface area (Å²) in [6.07, 6.45) is -0.296. The monoisotopic (exact) mass is 360 g/mol. The van der Waals surface area contributed by atoms with Crippen molar-refractivity contribution in [2.45, 2.75) is 12.7 Å². The van der Waals surface area contributed by atoms with Gasteiger partial charge in [0.1, 0.15) is 6.17 Å². The van der Waals surface area contributed by atoms with E-state index in [2.05, 4.69) is 10.6 Å². The summed E-state index contributed by atoms with van der Waals surface area (Å²) >= 11 is 0. The third-order valence-electron chi connectivity index (χ3n) is 4.35. The van der Waals surface area contributed by atoms with Gasteiger partial charge in [0.05, 0.1) is 6.54 Å². The number of amides is 2. The quantitative estimate of drug-likeness (QED) is 0.654. The van der Waals surface area contributed by atoms with Crippen LogP contribution in [0, 0.1) is 0 Å². The first-order valence-corrected chi connectivity index (χ1v) is 8.70. The molecule has 2 amide bonds. The van der Waals surface area contributed by atoms with Gasteiger partial charge in [0.25, 0.3) is 0 Å². The second-order valence-corrected chi connectivity index (χ2v) is 6.29. The van der Waals surface area contributed by atoms with Crippen molar-refractivity contribution in [3.8, 4) is 5.75 Å². The second kappa shape index (κ2) is 7.49. The van der Waals surface area contributed by atoms with Gasteiger partial charge in [-0.2, -0.15) is 0 Å². The van der Waals surface area contributed by atoms with Crippen LogP contribution in [0.25, 0.3) is 0 Å². The summed E-state index contributed by atoms with van der Waals surface area (Å²) in [5.74, 6) is 0.792. The molecule has 0 aliphatic carbocycles. The summed E-state index contributed by atoms with van der Waals surface area (Å²) in [5, 5.41) is 7.34. The SMILES string of the molecule is NC1c2ccccc2ON1Cc1ccc(NC(=O)Nc2ccccc2)cc1. The van der Waals surface area contributed by atoms with E-state index in [4.69, 9.17) is 10.6 Å². The number of anilines is 2. The van der Waals surface area contributed by atoms with Crippen LogP contribution >= 0.6 is 0 Å². The summed E-state index contributed by atoms with van der Waals surface area (Å²) in [7, 11) is 0. The maximum atomic E-state index is 12.0. The van der Waals surface area contributed by atoms with Crippen molar-refractivity contribution in [2.75, 3.05) is 10.6 Å². The fourth-order valence-electron chi connectivity index (χ4n) is 2.97. The molecule has 27 heavy (non-hydrogen) atoms. The first-order chi connectivity index (χ1) is 13.2. The van der Waals surface area contributed by atoms with Gasteiger partial charge in [-0.25, -0.2) is 4.79 Å². The number of carbonyl (C=O) groups is 1. The maximum absolute atomic E-state index is 12.0. The molecule has 0 saturated carbocycles. The Labute approximate surface area is 157 Å². The number of para-hydroxylation sites is 2. The topological polar surface area (TPSA) is 79.6 Å². The first kappa shape index (κ1) is 17.1. The number of nitrogens with one attached hydrogen (secondary N) is 2. The standard InChI is InChI=1S/C21H20N4O2/c22-20-18-8-4-5-9-19(18)27-25(20)14-15-10-12-17(13-11-15)24-21(26)23-16-6-2-1-3-7-16/h1-13,20H,14,22H2,(H2,23,24,26). The third kappa shape index (κ3) is 3.92. The van der Waals surface area contributed by atoms with E-state index in [1.807, 2.05) is 78.9 Å². The van der Waals surface area contributed by atoms with Crippen molar-refractivity contribution in [3.05, 3.63) is 90.0 Å². The highest BCUT2D eigenvalue weighted by molar-refractivity contribution is 5.99. The van der Waals surface area contributed by atoms with E-state index >= 15 is 0 Å². The Morgan fingerprint density at radius 3 is 2.22 bits per heavy atom. The Bertz CT molecular complexity index is 928. The minimum Gasteiger partial charge on any atom is -0.403 e. The highest BCUT2D eigenvalue weighted by atomic mass is 16.7. The summed E-state index contributed by atoms with van der Waals surface area (Å²) in [4.78, 5) is 17.9. The van der Waals surface area contributed by atoms with Crippen molar-refractivity contribution in [2.24, 2.45) is 5.73 Å². The molecule has 0 spiro atoms. The maximum Gasteiger partial charge on any atom is 0.323 e. The smallest absolute Gasteiger partial charge is 0.323 e. The lowest BCUT2D eigenvalue weighted by Crippen LogP contribution is -2.31. The molecule has 0 fully saturated rings. The Kier molecular flexibility index (Phi) is 4.74. The van der Waals surface area contributed by atoms with Crippen LogP contribution in [0.5, 0.6) is 5.75 Å². The normalized spacial score (nSPS) is 15.7. The summed E-state index contributed by atoms with van der Waals surface area (Å²) < 4.78 is 0. The van der Waals surface area contributed by atoms with E-state index in [0.717, 1.165) is 22.6 Å². The van der Waals surface area contributed by atoms with Crippen LogP contribution in [-0.4, -0.2) is 11.1 Å².